The maximum Gasteiger partial charge on any atom is 0.223 e. The molecule has 18 heavy (non-hydrogen) atoms. The van der Waals surface area contributed by atoms with Gasteiger partial charge in [0.1, 0.15) is 11.2 Å². The third-order valence-electron chi connectivity index (χ3n) is 2.99. The average molecular weight is 259 g/mol. The van der Waals surface area contributed by atoms with Crippen LogP contribution in [-0.2, 0) is 0 Å². The second-order valence-corrected chi connectivity index (χ2v) is 5.50. The van der Waals surface area contributed by atoms with Crippen LogP contribution in [-0.4, -0.2) is 19.5 Å². The van der Waals surface area contributed by atoms with Gasteiger partial charge in [-0.25, -0.2) is 9.97 Å². The van der Waals surface area contributed by atoms with E-state index in [9.17, 15) is 0 Å². The predicted octanol–water partition coefficient (Wildman–Crippen LogP) is 2.38. The Hall–Kier alpha value is -1.95. The number of aromatic nitrogens is 4. The Kier molecular flexibility index (Phi) is 2.34. The third kappa shape index (κ3) is 1.57. The minimum atomic E-state index is 0.296. The largest absolute Gasteiger partial charge is 0.368 e. The molecule has 5 nitrogen and oxygen atoms in total. The smallest absolute Gasteiger partial charge is 0.223 e. The molecule has 3 rings (SSSR count). The number of thiophene rings is 1. The molecule has 6 heteroatoms. The first kappa shape index (κ1) is 11.2. The molecule has 0 atom stereocenters. The summed E-state index contributed by atoms with van der Waals surface area (Å²) in [6.07, 6.45) is 1.78. The summed E-state index contributed by atoms with van der Waals surface area (Å²) in [6, 6.07) is 2.09. The van der Waals surface area contributed by atoms with Gasteiger partial charge in [0.25, 0.3) is 0 Å². The van der Waals surface area contributed by atoms with Crippen molar-refractivity contribution in [1.82, 2.24) is 19.5 Å². The Morgan fingerprint density at radius 2 is 2.00 bits per heavy atom. The number of fused-ring (bicyclic) bond motifs is 1. The highest BCUT2D eigenvalue weighted by Crippen LogP contribution is 2.28. The van der Waals surface area contributed by atoms with Crippen molar-refractivity contribution in [2.75, 3.05) is 5.73 Å². The highest BCUT2D eigenvalue weighted by atomic mass is 32.1. The number of rotatable bonds is 1. The van der Waals surface area contributed by atoms with Crippen LogP contribution < -0.4 is 5.73 Å². The van der Waals surface area contributed by atoms with Gasteiger partial charge in [-0.05, 0) is 26.8 Å². The molecule has 0 aromatic carbocycles. The van der Waals surface area contributed by atoms with E-state index in [0.29, 0.717) is 5.95 Å². The lowest BCUT2D eigenvalue weighted by Crippen LogP contribution is -2.03. The molecule has 0 saturated carbocycles. The molecular formula is C12H13N5S. The summed E-state index contributed by atoms with van der Waals surface area (Å²) in [5.41, 5.74) is 7.84. The van der Waals surface area contributed by atoms with Crippen LogP contribution in [0.5, 0.6) is 0 Å². The number of hydrogen-bond acceptors (Lipinski definition) is 5. The SMILES string of the molecule is Cc1cc2c(-n3cnc(C)c3C)nc(N)nc2s1. The van der Waals surface area contributed by atoms with Gasteiger partial charge in [-0.15, -0.1) is 11.3 Å². The van der Waals surface area contributed by atoms with Crippen molar-refractivity contribution >= 4 is 27.5 Å². The summed E-state index contributed by atoms with van der Waals surface area (Å²) in [5.74, 6) is 1.10. The van der Waals surface area contributed by atoms with E-state index in [-0.39, 0.29) is 0 Å². The molecule has 0 spiro atoms. The first-order chi connectivity index (χ1) is 8.56. The predicted molar refractivity (Wildman–Crippen MR) is 73.2 cm³/mol. The molecule has 0 fully saturated rings. The lowest BCUT2D eigenvalue weighted by Gasteiger charge is -2.06. The molecule has 3 aromatic rings. The highest BCUT2D eigenvalue weighted by molar-refractivity contribution is 7.18. The molecular weight excluding hydrogens is 246 g/mol. The van der Waals surface area contributed by atoms with Gasteiger partial charge in [-0.2, -0.15) is 4.98 Å². The van der Waals surface area contributed by atoms with Crippen LogP contribution in [0.15, 0.2) is 12.4 Å². The maximum absolute atomic E-state index is 5.78. The van der Waals surface area contributed by atoms with Gasteiger partial charge in [0, 0.05) is 10.6 Å². The molecule has 2 N–H and O–H groups in total. The van der Waals surface area contributed by atoms with E-state index in [1.54, 1.807) is 17.7 Å². The zero-order valence-corrected chi connectivity index (χ0v) is 11.2. The minimum absolute atomic E-state index is 0.296. The van der Waals surface area contributed by atoms with E-state index in [4.69, 9.17) is 5.73 Å². The number of nitrogens with two attached hydrogens (primary N) is 1. The van der Waals surface area contributed by atoms with Gasteiger partial charge in [-0.1, -0.05) is 0 Å². The first-order valence-electron chi connectivity index (χ1n) is 5.61. The van der Waals surface area contributed by atoms with Crippen LogP contribution in [0.3, 0.4) is 0 Å². The van der Waals surface area contributed by atoms with Crippen molar-refractivity contribution < 1.29 is 0 Å². The van der Waals surface area contributed by atoms with E-state index in [0.717, 1.165) is 27.4 Å². The van der Waals surface area contributed by atoms with E-state index in [1.165, 1.54) is 4.88 Å². The Morgan fingerprint density at radius 3 is 2.67 bits per heavy atom. The monoisotopic (exact) mass is 259 g/mol. The van der Waals surface area contributed by atoms with Crippen molar-refractivity contribution in [3.8, 4) is 5.82 Å². The molecule has 0 unspecified atom stereocenters. The second kappa shape index (κ2) is 3.78. The zero-order valence-electron chi connectivity index (χ0n) is 10.4. The normalized spacial score (nSPS) is 11.3. The number of imidazole rings is 1. The fourth-order valence-corrected chi connectivity index (χ4v) is 2.82. The molecule has 92 valence electrons. The number of nitrogen functional groups attached to an aromatic ring is 1. The molecule has 0 aliphatic heterocycles. The van der Waals surface area contributed by atoms with Crippen molar-refractivity contribution in [3.63, 3.8) is 0 Å². The Balaban J connectivity index is 2.37. The van der Waals surface area contributed by atoms with Crippen LogP contribution in [0.4, 0.5) is 5.95 Å². The third-order valence-corrected chi connectivity index (χ3v) is 3.94. The number of anilines is 1. The number of aryl methyl sites for hydroxylation is 2. The lowest BCUT2D eigenvalue weighted by molar-refractivity contribution is 0.958. The fraction of sp³-hybridized carbons (Fsp3) is 0.250. The molecule has 3 heterocycles. The summed E-state index contributed by atoms with van der Waals surface area (Å²) < 4.78 is 1.96. The number of nitrogens with zero attached hydrogens (tertiary/aromatic N) is 4. The van der Waals surface area contributed by atoms with Crippen LogP contribution >= 0.6 is 11.3 Å². The minimum Gasteiger partial charge on any atom is -0.368 e. The van der Waals surface area contributed by atoms with Crippen LogP contribution in [0.1, 0.15) is 16.3 Å². The van der Waals surface area contributed by atoms with Gasteiger partial charge in [0.05, 0.1) is 11.1 Å². The van der Waals surface area contributed by atoms with Gasteiger partial charge in [-0.3, -0.25) is 4.57 Å². The van der Waals surface area contributed by atoms with Crippen LogP contribution in [0.25, 0.3) is 16.0 Å². The first-order valence-corrected chi connectivity index (χ1v) is 6.42. The molecule has 3 aromatic heterocycles. The van der Waals surface area contributed by atoms with Crippen molar-refractivity contribution in [2.45, 2.75) is 20.8 Å². The number of hydrogen-bond donors (Lipinski definition) is 1. The summed E-state index contributed by atoms with van der Waals surface area (Å²) >= 11 is 1.62. The van der Waals surface area contributed by atoms with Gasteiger partial charge in [0.15, 0.2) is 5.82 Å². The van der Waals surface area contributed by atoms with Crippen molar-refractivity contribution in [1.29, 1.82) is 0 Å². The summed E-state index contributed by atoms with van der Waals surface area (Å²) in [6.45, 7) is 6.05. The van der Waals surface area contributed by atoms with E-state index in [1.807, 2.05) is 18.4 Å². The summed E-state index contributed by atoms with van der Waals surface area (Å²) in [5, 5.41) is 1.02. The lowest BCUT2D eigenvalue weighted by atomic mass is 10.3. The second-order valence-electron chi connectivity index (χ2n) is 4.27. The van der Waals surface area contributed by atoms with Gasteiger partial charge >= 0.3 is 0 Å². The maximum atomic E-state index is 5.78. The summed E-state index contributed by atoms with van der Waals surface area (Å²) in [4.78, 5) is 15.0. The van der Waals surface area contributed by atoms with Crippen molar-refractivity contribution in [2.24, 2.45) is 0 Å². The highest BCUT2D eigenvalue weighted by Gasteiger charge is 2.13. The van der Waals surface area contributed by atoms with Crippen molar-refractivity contribution in [3.05, 3.63) is 28.7 Å². The Labute approximate surface area is 108 Å². The molecule has 0 bridgehead atoms. The van der Waals surface area contributed by atoms with E-state index < -0.39 is 0 Å². The fourth-order valence-electron chi connectivity index (χ4n) is 1.94. The van der Waals surface area contributed by atoms with E-state index in [2.05, 4.69) is 27.9 Å². The van der Waals surface area contributed by atoms with Crippen LogP contribution in [0, 0.1) is 20.8 Å². The summed E-state index contributed by atoms with van der Waals surface area (Å²) in [7, 11) is 0. The van der Waals surface area contributed by atoms with Crippen LogP contribution in [0.2, 0.25) is 0 Å². The van der Waals surface area contributed by atoms with Gasteiger partial charge in [0.2, 0.25) is 5.95 Å². The average Bonchev–Trinajstić information content (AvgIpc) is 2.82. The van der Waals surface area contributed by atoms with E-state index >= 15 is 0 Å². The molecule has 0 radical (unpaired) electrons. The zero-order chi connectivity index (χ0) is 12.9. The molecule has 0 saturated heterocycles. The standard InChI is InChI=1S/C12H13N5S/c1-6-4-9-10(15-12(13)16-11(9)18-6)17-5-14-7(2)8(17)3/h4-5H,1-3H3,(H2,13,15,16). The quantitative estimate of drug-likeness (QED) is 0.728. The Bertz CT molecular complexity index is 740. The van der Waals surface area contributed by atoms with Gasteiger partial charge < -0.3 is 5.73 Å². The molecule has 0 amide bonds. The molecule has 0 aliphatic rings. The molecule has 0 aliphatic carbocycles. The topological polar surface area (TPSA) is 69.6 Å². The Morgan fingerprint density at radius 1 is 1.22 bits per heavy atom.